The molecule has 2 unspecified atom stereocenters. The van der Waals surface area contributed by atoms with E-state index in [2.05, 4.69) is 21.5 Å². The summed E-state index contributed by atoms with van der Waals surface area (Å²) < 4.78 is 15.0. The third-order valence-electron chi connectivity index (χ3n) is 6.77. The van der Waals surface area contributed by atoms with Crippen molar-refractivity contribution >= 4 is 28.4 Å². The number of anilines is 2. The molecular formula is C28H31N7O4. The van der Waals surface area contributed by atoms with Crippen LogP contribution >= 0.6 is 0 Å². The van der Waals surface area contributed by atoms with E-state index in [1.54, 1.807) is 27.8 Å². The van der Waals surface area contributed by atoms with Crippen LogP contribution in [0.15, 0.2) is 53.7 Å². The molecule has 1 fully saturated rings. The fraction of sp³-hybridized carbons (Fsp3) is 0.393. The smallest absolute Gasteiger partial charge is 0.335 e. The van der Waals surface area contributed by atoms with Crippen LogP contribution in [0.1, 0.15) is 45.6 Å². The maximum absolute atomic E-state index is 13.0. The van der Waals surface area contributed by atoms with Gasteiger partial charge in [-0.1, -0.05) is 0 Å². The van der Waals surface area contributed by atoms with Crippen LogP contribution in [-0.2, 0) is 19.8 Å². The zero-order chi connectivity index (χ0) is 27.8. The van der Waals surface area contributed by atoms with Gasteiger partial charge in [-0.3, -0.25) is 9.48 Å². The predicted octanol–water partition coefficient (Wildman–Crippen LogP) is 4.09. The molecule has 3 aromatic heterocycles. The van der Waals surface area contributed by atoms with Crippen LogP contribution < -0.4 is 10.9 Å². The Hall–Kier alpha value is -4.43. The Morgan fingerprint density at radius 3 is 2.82 bits per heavy atom. The Bertz CT molecular complexity index is 1600. The summed E-state index contributed by atoms with van der Waals surface area (Å²) in [6.45, 7) is 7.48. The van der Waals surface area contributed by atoms with Crippen molar-refractivity contribution in [3.63, 3.8) is 0 Å². The maximum Gasteiger partial charge on any atom is 0.335 e. The Kier molecular flexibility index (Phi) is 6.74. The molecule has 2 N–H and O–H groups in total. The van der Waals surface area contributed by atoms with E-state index in [1.807, 2.05) is 58.2 Å². The summed E-state index contributed by atoms with van der Waals surface area (Å²) in [7, 11) is 0. The van der Waals surface area contributed by atoms with E-state index in [0.29, 0.717) is 29.6 Å². The molecular weight excluding hydrogens is 498 g/mol. The lowest BCUT2D eigenvalue weighted by atomic mass is 9.87. The molecule has 0 saturated carbocycles. The summed E-state index contributed by atoms with van der Waals surface area (Å²) in [6, 6.07) is 11.7. The van der Waals surface area contributed by atoms with Gasteiger partial charge in [0.1, 0.15) is 11.0 Å². The summed E-state index contributed by atoms with van der Waals surface area (Å²) >= 11 is 0. The first-order valence-corrected chi connectivity index (χ1v) is 12.8. The maximum atomic E-state index is 13.0. The van der Waals surface area contributed by atoms with E-state index in [-0.39, 0.29) is 18.6 Å². The topological polar surface area (TPSA) is 140 Å². The van der Waals surface area contributed by atoms with Gasteiger partial charge in [-0.15, -0.1) is 0 Å². The monoisotopic (exact) mass is 529 g/mol. The third kappa shape index (κ3) is 5.15. The number of fused-ring (bicyclic) bond motifs is 1. The molecule has 0 spiro atoms. The minimum atomic E-state index is -0.862. The molecule has 11 heteroatoms. The number of rotatable bonds is 6. The van der Waals surface area contributed by atoms with E-state index in [0.717, 1.165) is 16.9 Å². The van der Waals surface area contributed by atoms with Crippen molar-refractivity contribution in [2.24, 2.45) is 0 Å². The highest BCUT2D eigenvalue weighted by Gasteiger charge is 2.43. The van der Waals surface area contributed by atoms with Crippen LogP contribution in [0.3, 0.4) is 0 Å². The number of nitrogens with one attached hydrogen (secondary N) is 2. The number of hydrogen-bond donors (Lipinski definition) is 2. The van der Waals surface area contributed by atoms with Gasteiger partial charge < -0.3 is 19.8 Å². The van der Waals surface area contributed by atoms with Gasteiger partial charge in [-0.05, 0) is 76.4 Å². The molecule has 1 aromatic carbocycles. The van der Waals surface area contributed by atoms with Crippen molar-refractivity contribution in [3.05, 3.63) is 64.8 Å². The predicted molar refractivity (Wildman–Crippen MR) is 145 cm³/mol. The summed E-state index contributed by atoms with van der Waals surface area (Å²) in [5.41, 5.74) is 1.44. The molecule has 4 aromatic rings. The van der Waals surface area contributed by atoms with Crippen molar-refractivity contribution in [2.75, 3.05) is 11.9 Å². The number of aryl methyl sites for hydroxylation is 1. The van der Waals surface area contributed by atoms with Gasteiger partial charge in [0.2, 0.25) is 0 Å². The van der Waals surface area contributed by atoms with Crippen LogP contribution in [0.2, 0.25) is 0 Å². The van der Waals surface area contributed by atoms with Gasteiger partial charge in [0.05, 0.1) is 35.8 Å². The second kappa shape index (κ2) is 10.0. The summed E-state index contributed by atoms with van der Waals surface area (Å²) in [4.78, 5) is 28.3. The highest BCUT2D eigenvalue weighted by molar-refractivity contribution is 5.91. The lowest BCUT2D eigenvalue weighted by Gasteiger charge is -2.39. The van der Waals surface area contributed by atoms with Gasteiger partial charge in [0, 0.05) is 24.3 Å². The van der Waals surface area contributed by atoms with Crippen LogP contribution in [0.4, 0.5) is 11.5 Å². The highest BCUT2D eigenvalue weighted by atomic mass is 16.6. The molecule has 4 heterocycles. The second-order valence-electron chi connectivity index (χ2n) is 10.8. The van der Waals surface area contributed by atoms with Gasteiger partial charge in [-0.25, -0.2) is 9.48 Å². The molecule has 0 radical (unpaired) electrons. The Labute approximate surface area is 225 Å². The average molecular weight is 530 g/mol. The fourth-order valence-electron chi connectivity index (χ4n) is 4.96. The molecule has 1 saturated heterocycles. The number of nitriles is 1. The molecule has 0 amide bonds. The molecule has 1 aliphatic heterocycles. The number of nitrogens with zero attached hydrogens (tertiary/aromatic N) is 5. The largest absolute Gasteiger partial charge is 0.458 e. The summed E-state index contributed by atoms with van der Waals surface area (Å²) in [6.07, 6.45) is 5.33. The lowest BCUT2D eigenvalue weighted by molar-refractivity contribution is -0.176. The van der Waals surface area contributed by atoms with Gasteiger partial charge in [-0.2, -0.15) is 15.5 Å². The van der Waals surface area contributed by atoms with Gasteiger partial charge in [0.15, 0.2) is 11.9 Å². The second-order valence-corrected chi connectivity index (χ2v) is 10.8. The first kappa shape index (κ1) is 26.2. The molecule has 202 valence electrons. The van der Waals surface area contributed by atoms with Crippen LogP contribution in [0, 0.1) is 18.3 Å². The Morgan fingerprint density at radius 2 is 2.18 bits per heavy atom. The van der Waals surface area contributed by atoms with Crippen LogP contribution in [0.25, 0.3) is 16.6 Å². The average Bonchev–Trinajstić information content (AvgIpc) is 3.53. The number of esters is 1. The summed E-state index contributed by atoms with van der Waals surface area (Å²) in [5, 5.41) is 22.5. The van der Waals surface area contributed by atoms with E-state index < -0.39 is 23.2 Å². The number of pyridine rings is 1. The highest BCUT2D eigenvalue weighted by Crippen LogP contribution is 2.37. The van der Waals surface area contributed by atoms with Crippen molar-refractivity contribution in [3.8, 4) is 11.8 Å². The van der Waals surface area contributed by atoms with E-state index in [4.69, 9.17) is 14.6 Å². The van der Waals surface area contributed by atoms with Crippen molar-refractivity contribution < 1.29 is 14.3 Å². The van der Waals surface area contributed by atoms with E-state index >= 15 is 0 Å². The minimum Gasteiger partial charge on any atom is -0.458 e. The van der Waals surface area contributed by atoms with Gasteiger partial charge >= 0.3 is 5.97 Å². The zero-order valence-electron chi connectivity index (χ0n) is 22.4. The molecule has 11 nitrogen and oxygen atoms in total. The molecule has 1 aliphatic rings. The Balaban J connectivity index is 1.49. The zero-order valence-corrected chi connectivity index (χ0v) is 22.4. The summed E-state index contributed by atoms with van der Waals surface area (Å²) in [5.74, 6) is -0.0595. The van der Waals surface area contributed by atoms with E-state index in [1.165, 1.54) is 0 Å². The molecule has 39 heavy (non-hydrogen) atoms. The molecule has 5 rings (SSSR count). The number of ether oxygens (including phenoxy) is 2. The number of aromatic nitrogens is 5. The Morgan fingerprint density at radius 1 is 1.36 bits per heavy atom. The third-order valence-corrected chi connectivity index (χ3v) is 6.77. The minimum absolute atomic E-state index is 0.0746. The number of benzene rings is 1. The number of carbonyl (C=O) groups excluding carboxylic acids is 1. The van der Waals surface area contributed by atoms with Crippen LogP contribution in [0.5, 0.6) is 0 Å². The lowest BCUT2D eigenvalue weighted by Crippen LogP contribution is -2.47. The quantitative estimate of drug-likeness (QED) is 0.356. The normalized spacial score (nSPS) is 19.5. The van der Waals surface area contributed by atoms with Gasteiger partial charge in [0.25, 0.3) is 5.56 Å². The first-order chi connectivity index (χ1) is 18.6. The number of carbonyl (C=O) groups is 1. The van der Waals surface area contributed by atoms with Crippen molar-refractivity contribution in [2.45, 2.75) is 64.2 Å². The molecule has 0 bridgehead atoms. The van der Waals surface area contributed by atoms with E-state index in [9.17, 15) is 14.9 Å². The molecule has 2 atom stereocenters. The SMILES string of the molecule is Cc1cc(Nc2nn(C3(CC#N)CCC(C(=O)OC(C)(C)C)OC3)c3cc[nH]c(=O)c23)ccc1-n1cccn1. The molecule has 0 aliphatic carbocycles. The van der Waals surface area contributed by atoms with Crippen LogP contribution in [-0.4, -0.2) is 48.8 Å². The van der Waals surface area contributed by atoms with Crippen molar-refractivity contribution in [1.29, 1.82) is 5.26 Å². The number of aromatic amines is 1. The fourth-order valence-corrected chi connectivity index (χ4v) is 4.96. The standard InChI is InChI=1S/C28H31N7O4/c1-18-16-19(6-7-20(18)34-15-5-13-31-34)32-24-23-21(9-14-30-25(23)36)35(33-24)28(11-12-29)10-8-22(38-17-28)26(37)39-27(2,3)4/h5-7,9,13-16,22H,8,10-11,17H2,1-4H3,(H,30,36)(H,32,33). The van der Waals surface area contributed by atoms with Crippen molar-refractivity contribution in [1.82, 2.24) is 24.5 Å². The number of H-pyrrole nitrogens is 1. The first-order valence-electron chi connectivity index (χ1n) is 12.8. The number of hydrogen-bond acceptors (Lipinski definition) is 8.